The zero-order chi connectivity index (χ0) is 12.4. The maximum atomic E-state index is 11.2. The molecular weight excluding hydrogens is 222 g/mol. The fourth-order valence-corrected chi connectivity index (χ4v) is 1.24. The van der Waals surface area contributed by atoms with E-state index in [1.165, 1.54) is 18.1 Å². The van der Waals surface area contributed by atoms with Crippen molar-refractivity contribution in [1.29, 1.82) is 0 Å². The highest BCUT2D eigenvalue weighted by Crippen LogP contribution is 2.10. The predicted molar refractivity (Wildman–Crippen MR) is 59.6 cm³/mol. The molecule has 0 radical (unpaired) electrons. The number of rotatable bonds is 2. The number of nitrogens with zero attached hydrogens (tertiary/aromatic N) is 4. The van der Waals surface area contributed by atoms with Crippen LogP contribution in [0.5, 0.6) is 0 Å². The molecule has 88 valence electrons. The third-order valence-electron chi connectivity index (χ3n) is 2.21. The summed E-state index contributed by atoms with van der Waals surface area (Å²) in [5.74, 6) is -0.0564. The van der Waals surface area contributed by atoms with Gasteiger partial charge in [0, 0.05) is 0 Å². The summed E-state index contributed by atoms with van der Waals surface area (Å²) < 4.78 is 5.90. The Morgan fingerprint density at radius 1 is 1.47 bits per heavy atom. The van der Waals surface area contributed by atoms with Crippen molar-refractivity contribution in [2.75, 3.05) is 12.8 Å². The van der Waals surface area contributed by atoms with Gasteiger partial charge in [-0.05, 0) is 19.1 Å². The number of carbonyl (C=O) groups excluding carboxylic acids is 1. The van der Waals surface area contributed by atoms with Gasteiger partial charge >= 0.3 is 5.97 Å². The summed E-state index contributed by atoms with van der Waals surface area (Å²) in [6.07, 6.45) is 1.39. The summed E-state index contributed by atoms with van der Waals surface area (Å²) in [4.78, 5) is 19.2. The van der Waals surface area contributed by atoms with Crippen LogP contribution in [-0.2, 0) is 4.74 Å². The van der Waals surface area contributed by atoms with E-state index in [2.05, 4.69) is 19.8 Å². The topological polar surface area (TPSA) is 95.9 Å². The van der Waals surface area contributed by atoms with Crippen molar-refractivity contribution in [2.24, 2.45) is 0 Å². The number of pyridine rings is 1. The quantitative estimate of drug-likeness (QED) is 0.751. The molecule has 0 fully saturated rings. The van der Waals surface area contributed by atoms with Gasteiger partial charge in [0.05, 0.1) is 18.5 Å². The number of ether oxygens (including phenoxy) is 1. The first-order valence-electron chi connectivity index (χ1n) is 4.85. The van der Waals surface area contributed by atoms with E-state index in [9.17, 15) is 4.79 Å². The second kappa shape index (κ2) is 4.20. The molecule has 2 rings (SSSR count). The fraction of sp³-hybridized carbons (Fsp3) is 0.200. The number of esters is 1. The highest BCUT2D eigenvalue weighted by molar-refractivity contribution is 5.84. The number of methoxy groups -OCH3 is 1. The highest BCUT2D eigenvalue weighted by atomic mass is 16.5. The zero-order valence-electron chi connectivity index (χ0n) is 9.41. The molecule has 0 aromatic carbocycles. The van der Waals surface area contributed by atoms with Gasteiger partial charge < -0.3 is 10.5 Å². The lowest BCUT2D eigenvalue weighted by Crippen LogP contribution is -2.06. The first-order valence-corrected chi connectivity index (χ1v) is 4.85. The Morgan fingerprint density at radius 3 is 2.88 bits per heavy atom. The van der Waals surface area contributed by atoms with Gasteiger partial charge in [0.1, 0.15) is 6.33 Å². The molecule has 2 aromatic rings. The van der Waals surface area contributed by atoms with Gasteiger partial charge in [0.25, 0.3) is 5.82 Å². The molecule has 0 aliphatic heterocycles. The molecule has 0 saturated carbocycles. The van der Waals surface area contributed by atoms with Crippen LogP contribution in [0.25, 0.3) is 5.82 Å². The second-order valence-electron chi connectivity index (χ2n) is 3.35. The second-order valence-corrected chi connectivity index (χ2v) is 3.35. The molecule has 2 aromatic heterocycles. The Kier molecular flexibility index (Phi) is 2.73. The minimum absolute atomic E-state index is 0.0104. The SMILES string of the molecule is COC(=O)c1ncn(-c2ccc(N)c(C)n2)n1. The molecule has 0 saturated heterocycles. The van der Waals surface area contributed by atoms with E-state index in [0.29, 0.717) is 17.2 Å². The fourth-order valence-electron chi connectivity index (χ4n) is 1.24. The Morgan fingerprint density at radius 2 is 2.24 bits per heavy atom. The number of aryl methyl sites for hydroxylation is 1. The van der Waals surface area contributed by atoms with Gasteiger partial charge in [-0.1, -0.05) is 0 Å². The molecule has 0 atom stereocenters. The van der Waals surface area contributed by atoms with E-state index in [1.54, 1.807) is 19.1 Å². The lowest BCUT2D eigenvalue weighted by atomic mass is 10.3. The molecule has 2 heterocycles. The lowest BCUT2D eigenvalue weighted by molar-refractivity contribution is 0.0587. The average Bonchev–Trinajstić information content (AvgIpc) is 2.81. The van der Waals surface area contributed by atoms with E-state index in [0.717, 1.165) is 0 Å². The number of aromatic nitrogens is 4. The van der Waals surface area contributed by atoms with Crippen LogP contribution in [-0.4, -0.2) is 32.8 Å². The molecule has 0 spiro atoms. The van der Waals surface area contributed by atoms with Crippen molar-refractivity contribution in [1.82, 2.24) is 19.7 Å². The maximum absolute atomic E-state index is 11.2. The molecule has 0 amide bonds. The minimum Gasteiger partial charge on any atom is -0.463 e. The normalized spacial score (nSPS) is 10.2. The van der Waals surface area contributed by atoms with Crippen molar-refractivity contribution < 1.29 is 9.53 Å². The molecule has 0 bridgehead atoms. The summed E-state index contributed by atoms with van der Waals surface area (Å²) in [7, 11) is 1.27. The number of anilines is 1. The molecule has 0 aliphatic rings. The summed E-state index contributed by atoms with van der Waals surface area (Å²) in [6.45, 7) is 1.79. The number of carbonyl (C=O) groups is 1. The van der Waals surface area contributed by atoms with Gasteiger partial charge in [0.2, 0.25) is 0 Å². The number of hydrogen-bond acceptors (Lipinski definition) is 6. The summed E-state index contributed by atoms with van der Waals surface area (Å²) in [6, 6.07) is 3.41. The van der Waals surface area contributed by atoms with Gasteiger partial charge in [-0.2, -0.15) is 0 Å². The van der Waals surface area contributed by atoms with Gasteiger partial charge in [-0.15, -0.1) is 5.10 Å². The van der Waals surface area contributed by atoms with Crippen LogP contribution in [0.15, 0.2) is 18.5 Å². The van der Waals surface area contributed by atoms with Crippen molar-refractivity contribution in [3.05, 3.63) is 30.0 Å². The molecule has 7 heteroatoms. The van der Waals surface area contributed by atoms with E-state index in [4.69, 9.17) is 5.73 Å². The smallest absolute Gasteiger partial charge is 0.377 e. The first-order chi connectivity index (χ1) is 8.11. The standard InChI is InChI=1S/C10H11N5O2/c1-6-7(11)3-4-8(13-6)15-5-12-9(14-15)10(16)17-2/h3-5H,11H2,1-2H3. The third kappa shape index (κ3) is 2.07. The Bertz CT molecular complexity index is 564. The summed E-state index contributed by atoms with van der Waals surface area (Å²) in [5, 5.41) is 3.95. The highest BCUT2D eigenvalue weighted by Gasteiger charge is 2.12. The van der Waals surface area contributed by atoms with Gasteiger partial charge in [-0.3, -0.25) is 0 Å². The molecule has 2 N–H and O–H groups in total. The maximum Gasteiger partial charge on any atom is 0.377 e. The lowest BCUT2D eigenvalue weighted by Gasteiger charge is -2.02. The minimum atomic E-state index is -0.587. The number of nitrogens with two attached hydrogens (primary N) is 1. The van der Waals surface area contributed by atoms with Crippen LogP contribution < -0.4 is 5.73 Å². The van der Waals surface area contributed by atoms with E-state index >= 15 is 0 Å². The predicted octanol–water partition coefficient (Wildman–Crippen LogP) is 0.340. The van der Waals surface area contributed by atoms with Crippen molar-refractivity contribution in [3.8, 4) is 5.82 Å². The van der Waals surface area contributed by atoms with E-state index in [-0.39, 0.29) is 5.82 Å². The Labute approximate surface area is 97.2 Å². The monoisotopic (exact) mass is 233 g/mol. The molecule has 17 heavy (non-hydrogen) atoms. The third-order valence-corrected chi connectivity index (χ3v) is 2.21. The average molecular weight is 233 g/mol. The van der Waals surface area contributed by atoms with Gasteiger partial charge in [-0.25, -0.2) is 19.4 Å². The van der Waals surface area contributed by atoms with E-state index < -0.39 is 5.97 Å². The summed E-state index contributed by atoms with van der Waals surface area (Å²) >= 11 is 0. The Hall–Kier alpha value is -2.44. The molecule has 0 unspecified atom stereocenters. The summed E-state index contributed by atoms with van der Waals surface area (Å²) in [5.41, 5.74) is 6.95. The van der Waals surface area contributed by atoms with Crippen LogP contribution in [0.2, 0.25) is 0 Å². The molecular formula is C10H11N5O2. The van der Waals surface area contributed by atoms with Crippen molar-refractivity contribution in [2.45, 2.75) is 6.92 Å². The van der Waals surface area contributed by atoms with Crippen LogP contribution in [0, 0.1) is 6.92 Å². The van der Waals surface area contributed by atoms with Crippen LogP contribution in [0.1, 0.15) is 16.3 Å². The Balaban J connectivity index is 2.37. The first kappa shape index (κ1) is 11.1. The van der Waals surface area contributed by atoms with Crippen LogP contribution in [0.4, 0.5) is 5.69 Å². The molecule has 7 nitrogen and oxygen atoms in total. The van der Waals surface area contributed by atoms with E-state index in [1.807, 2.05) is 0 Å². The van der Waals surface area contributed by atoms with Gasteiger partial charge in [0.15, 0.2) is 5.82 Å². The van der Waals surface area contributed by atoms with Crippen LogP contribution >= 0.6 is 0 Å². The zero-order valence-corrected chi connectivity index (χ0v) is 9.41. The van der Waals surface area contributed by atoms with Crippen LogP contribution in [0.3, 0.4) is 0 Å². The largest absolute Gasteiger partial charge is 0.463 e. The molecule has 0 aliphatic carbocycles. The van der Waals surface area contributed by atoms with Crippen molar-refractivity contribution in [3.63, 3.8) is 0 Å². The number of nitrogen functional groups attached to an aromatic ring is 1. The van der Waals surface area contributed by atoms with Crippen molar-refractivity contribution >= 4 is 11.7 Å². The number of hydrogen-bond donors (Lipinski definition) is 1.